The molecule has 190 valence electrons. The van der Waals surface area contributed by atoms with Crippen LogP contribution in [0.25, 0.3) is 0 Å². The van der Waals surface area contributed by atoms with Crippen molar-refractivity contribution < 1.29 is 14.3 Å². The van der Waals surface area contributed by atoms with Crippen LogP contribution in [0.5, 0.6) is 0 Å². The first-order chi connectivity index (χ1) is 16.5. The highest BCUT2D eigenvalue weighted by atomic mass is 16.5. The Morgan fingerprint density at radius 3 is 2.56 bits per heavy atom. The standard InChI is InChI=1S/C27H44N4O3/c1-21-6-5-9-24(16-21)31-11-10-27(19-28,20-31)29-26(33)23(17-22-7-3-2-4-8-22)18-25(32)30-12-14-34-15-13-30/h21-24H,2-18,20H2,1H3,(H,29,33)/t21-,23+,24+,27+/m0/s1. The van der Waals surface area contributed by atoms with E-state index in [1.807, 2.05) is 4.90 Å². The Morgan fingerprint density at radius 2 is 1.85 bits per heavy atom. The summed E-state index contributed by atoms with van der Waals surface area (Å²) in [6.45, 7) is 6.14. The summed E-state index contributed by atoms with van der Waals surface area (Å²) in [5, 5.41) is 13.3. The fourth-order valence-electron chi connectivity index (χ4n) is 6.70. The van der Waals surface area contributed by atoms with Crippen LogP contribution in [0, 0.1) is 29.1 Å². The number of morpholine rings is 1. The Kier molecular flexibility index (Phi) is 8.87. The Labute approximate surface area is 205 Å². The first-order valence-corrected chi connectivity index (χ1v) is 13.8. The maximum Gasteiger partial charge on any atom is 0.224 e. The van der Waals surface area contributed by atoms with Gasteiger partial charge in [0.25, 0.3) is 0 Å². The van der Waals surface area contributed by atoms with E-state index < -0.39 is 5.54 Å². The van der Waals surface area contributed by atoms with Crippen LogP contribution in [0.1, 0.15) is 84.0 Å². The number of amides is 2. The fourth-order valence-corrected chi connectivity index (χ4v) is 6.70. The van der Waals surface area contributed by atoms with Gasteiger partial charge < -0.3 is 15.0 Å². The maximum absolute atomic E-state index is 13.6. The van der Waals surface area contributed by atoms with Gasteiger partial charge in [-0.15, -0.1) is 0 Å². The molecule has 4 atom stereocenters. The average molecular weight is 473 g/mol. The van der Waals surface area contributed by atoms with E-state index in [1.54, 1.807) is 0 Å². The molecule has 2 saturated heterocycles. The number of rotatable bonds is 7. The van der Waals surface area contributed by atoms with Crippen molar-refractivity contribution in [3.05, 3.63) is 0 Å². The number of nitriles is 1. The number of likely N-dealkylation sites (tertiary alicyclic amines) is 1. The fraction of sp³-hybridized carbons (Fsp3) is 0.889. The normalized spacial score (nSPS) is 32.2. The predicted octanol–water partition coefficient (Wildman–Crippen LogP) is 3.48. The van der Waals surface area contributed by atoms with Gasteiger partial charge in [0.05, 0.1) is 19.3 Å². The quantitative estimate of drug-likeness (QED) is 0.613. The van der Waals surface area contributed by atoms with Gasteiger partial charge in [-0.25, -0.2) is 0 Å². The van der Waals surface area contributed by atoms with Gasteiger partial charge >= 0.3 is 0 Å². The maximum atomic E-state index is 13.6. The summed E-state index contributed by atoms with van der Waals surface area (Å²) in [5.74, 6) is 0.842. The van der Waals surface area contributed by atoms with Gasteiger partial charge in [0.2, 0.25) is 11.8 Å². The van der Waals surface area contributed by atoms with Gasteiger partial charge in [-0.05, 0) is 37.5 Å². The Balaban J connectivity index is 1.40. The van der Waals surface area contributed by atoms with Crippen molar-refractivity contribution >= 4 is 11.8 Å². The highest BCUT2D eigenvalue weighted by Crippen LogP contribution is 2.34. The zero-order chi connectivity index (χ0) is 24.0. The lowest BCUT2D eigenvalue weighted by molar-refractivity contribution is -0.140. The van der Waals surface area contributed by atoms with Crippen molar-refractivity contribution in [2.45, 2.75) is 95.6 Å². The molecule has 2 heterocycles. The van der Waals surface area contributed by atoms with E-state index in [0.29, 0.717) is 51.2 Å². The lowest BCUT2D eigenvalue weighted by Gasteiger charge is -2.35. The number of ether oxygens (including phenoxy) is 1. The summed E-state index contributed by atoms with van der Waals surface area (Å²) in [6, 6.07) is 3.00. The summed E-state index contributed by atoms with van der Waals surface area (Å²) in [6.07, 6.45) is 12.6. The van der Waals surface area contributed by atoms with E-state index in [4.69, 9.17) is 4.74 Å². The first-order valence-electron chi connectivity index (χ1n) is 13.8. The van der Waals surface area contributed by atoms with E-state index in [-0.39, 0.29) is 24.2 Å². The van der Waals surface area contributed by atoms with Gasteiger partial charge in [0.1, 0.15) is 5.54 Å². The molecule has 0 unspecified atom stereocenters. The van der Waals surface area contributed by atoms with E-state index in [1.165, 1.54) is 44.9 Å². The lowest BCUT2D eigenvalue weighted by atomic mass is 9.81. The number of hydrogen-bond donors (Lipinski definition) is 1. The van der Waals surface area contributed by atoms with E-state index in [9.17, 15) is 14.9 Å². The molecular weight excluding hydrogens is 428 g/mol. The molecule has 4 fully saturated rings. The molecular formula is C27H44N4O3. The molecule has 7 nitrogen and oxygen atoms in total. The molecule has 0 aromatic carbocycles. The molecule has 0 bridgehead atoms. The van der Waals surface area contributed by atoms with Crippen molar-refractivity contribution in [3.8, 4) is 6.07 Å². The number of hydrogen-bond acceptors (Lipinski definition) is 5. The van der Waals surface area contributed by atoms with Gasteiger partial charge in [0.15, 0.2) is 0 Å². The van der Waals surface area contributed by atoms with Crippen LogP contribution in [0.2, 0.25) is 0 Å². The molecule has 7 heteroatoms. The largest absolute Gasteiger partial charge is 0.378 e. The van der Waals surface area contributed by atoms with E-state index in [2.05, 4.69) is 23.2 Å². The molecule has 1 N–H and O–H groups in total. The molecule has 0 aromatic heterocycles. The van der Waals surface area contributed by atoms with Crippen molar-refractivity contribution in [2.75, 3.05) is 39.4 Å². The molecule has 0 radical (unpaired) electrons. The average Bonchev–Trinajstić information content (AvgIpc) is 3.29. The Hall–Kier alpha value is -1.65. The van der Waals surface area contributed by atoms with E-state index in [0.717, 1.165) is 31.7 Å². The summed E-state index contributed by atoms with van der Waals surface area (Å²) in [4.78, 5) is 30.9. The summed E-state index contributed by atoms with van der Waals surface area (Å²) in [5.41, 5.74) is -0.829. The second-order valence-electron chi connectivity index (χ2n) is 11.5. The summed E-state index contributed by atoms with van der Waals surface area (Å²) < 4.78 is 5.39. The van der Waals surface area contributed by atoms with Crippen LogP contribution in [0.4, 0.5) is 0 Å². The topological polar surface area (TPSA) is 85.7 Å². The molecule has 4 aliphatic rings. The first kappa shape index (κ1) is 25.4. The minimum Gasteiger partial charge on any atom is -0.378 e. The van der Waals surface area contributed by atoms with Crippen LogP contribution in [0.3, 0.4) is 0 Å². The number of nitrogens with one attached hydrogen (secondary N) is 1. The molecule has 2 saturated carbocycles. The van der Waals surface area contributed by atoms with Crippen LogP contribution in [-0.2, 0) is 14.3 Å². The molecule has 0 aromatic rings. The molecule has 2 aliphatic heterocycles. The zero-order valence-electron chi connectivity index (χ0n) is 21.1. The van der Waals surface area contributed by atoms with Crippen molar-refractivity contribution in [1.29, 1.82) is 5.26 Å². The SMILES string of the molecule is C[C@H]1CCC[C@@H](N2CC[C@](C#N)(NC(=O)[C@@H](CC(=O)N3CCOCC3)CC3CCCCC3)C2)C1. The van der Waals surface area contributed by atoms with E-state index >= 15 is 0 Å². The zero-order valence-corrected chi connectivity index (χ0v) is 21.1. The summed E-state index contributed by atoms with van der Waals surface area (Å²) in [7, 11) is 0. The smallest absolute Gasteiger partial charge is 0.224 e. The number of carbonyl (C=O) groups is 2. The third-order valence-corrected chi connectivity index (χ3v) is 8.80. The monoisotopic (exact) mass is 472 g/mol. The third-order valence-electron chi connectivity index (χ3n) is 8.80. The highest BCUT2D eigenvalue weighted by Gasteiger charge is 2.44. The van der Waals surface area contributed by atoms with Gasteiger partial charge in [-0.2, -0.15) is 5.26 Å². The second-order valence-corrected chi connectivity index (χ2v) is 11.5. The van der Waals surface area contributed by atoms with Gasteiger partial charge in [0, 0.05) is 44.6 Å². The minimum absolute atomic E-state index is 0.0505. The van der Waals surface area contributed by atoms with Crippen LogP contribution in [-0.4, -0.2) is 72.6 Å². The minimum atomic E-state index is -0.829. The summed E-state index contributed by atoms with van der Waals surface area (Å²) >= 11 is 0. The van der Waals surface area contributed by atoms with Crippen molar-refractivity contribution in [2.24, 2.45) is 17.8 Å². The van der Waals surface area contributed by atoms with Crippen LogP contribution >= 0.6 is 0 Å². The Morgan fingerprint density at radius 1 is 1.09 bits per heavy atom. The van der Waals surface area contributed by atoms with Gasteiger partial charge in [-0.3, -0.25) is 14.5 Å². The molecule has 4 rings (SSSR count). The van der Waals surface area contributed by atoms with Crippen molar-refractivity contribution in [1.82, 2.24) is 15.1 Å². The lowest BCUT2D eigenvalue weighted by Crippen LogP contribution is -2.53. The van der Waals surface area contributed by atoms with Gasteiger partial charge in [-0.1, -0.05) is 51.9 Å². The number of nitrogens with zero attached hydrogens (tertiary/aromatic N) is 3. The Bertz CT molecular complexity index is 741. The molecule has 0 spiro atoms. The molecule has 2 aliphatic carbocycles. The number of carbonyl (C=O) groups excluding carboxylic acids is 2. The van der Waals surface area contributed by atoms with Crippen molar-refractivity contribution in [3.63, 3.8) is 0 Å². The second kappa shape index (κ2) is 11.9. The molecule has 34 heavy (non-hydrogen) atoms. The third kappa shape index (κ3) is 6.51. The predicted molar refractivity (Wildman–Crippen MR) is 131 cm³/mol. The highest BCUT2D eigenvalue weighted by molar-refractivity contribution is 5.86. The van der Waals surface area contributed by atoms with Crippen LogP contribution in [0.15, 0.2) is 0 Å². The van der Waals surface area contributed by atoms with Crippen LogP contribution < -0.4 is 5.32 Å². The molecule has 2 amide bonds.